The summed E-state index contributed by atoms with van der Waals surface area (Å²) < 4.78 is 0. The number of amides is 2. The minimum absolute atomic E-state index is 0.110. The normalized spacial score (nSPS) is 19.8. The molecule has 1 aromatic heterocycles. The molecule has 0 spiro atoms. The van der Waals surface area contributed by atoms with E-state index in [1.54, 1.807) is 0 Å². The maximum Gasteiger partial charge on any atom is 0.239 e. The summed E-state index contributed by atoms with van der Waals surface area (Å²) in [6.45, 7) is 10.1. The minimum atomic E-state index is -0.205. The zero-order valence-corrected chi connectivity index (χ0v) is 22.5. The van der Waals surface area contributed by atoms with Crippen LogP contribution in [0.1, 0.15) is 80.0 Å². The molecule has 0 N–H and O–H groups in total. The van der Waals surface area contributed by atoms with E-state index in [9.17, 15) is 9.59 Å². The van der Waals surface area contributed by atoms with Crippen LogP contribution in [0.5, 0.6) is 0 Å². The van der Waals surface area contributed by atoms with Crippen LogP contribution < -0.4 is 0 Å². The van der Waals surface area contributed by atoms with Crippen LogP contribution in [0.4, 0.5) is 0 Å². The number of nitrogens with zero attached hydrogens (tertiary/aromatic N) is 3. The van der Waals surface area contributed by atoms with E-state index in [-0.39, 0.29) is 23.9 Å². The Bertz CT molecular complexity index is 1000. The number of carbonyl (C=O) groups excluding carboxylic acids is 2. The third-order valence-corrected chi connectivity index (χ3v) is 8.74. The van der Waals surface area contributed by atoms with Gasteiger partial charge < -0.3 is 9.80 Å². The summed E-state index contributed by atoms with van der Waals surface area (Å²) in [5.41, 5.74) is 3.91. The van der Waals surface area contributed by atoms with E-state index in [2.05, 4.69) is 61.4 Å². The van der Waals surface area contributed by atoms with E-state index in [0.717, 1.165) is 45.3 Å². The molecule has 1 aromatic carbocycles. The standard InChI is InChI=1S/C29H41N3O2S/c1-4-5-6-7-13-27(33)30-16-10-17-31(20-19-30)29(34)23(3)32-18-14-26-25(15-21-35-26)28(32)24-12-9-8-11-22(24)2/h8-9,11-12,15,21,23,28H,4-7,10,13-14,16-20H2,1-3H3. The molecule has 6 heteroatoms. The number of unbranched alkanes of at least 4 members (excludes halogenated alkanes) is 3. The predicted molar refractivity (Wildman–Crippen MR) is 144 cm³/mol. The number of aryl methyl sites for hydroxylation is 1. The van der Waals surface area contributed by atoms with Gasteiger partial charge >= 0.3 is 0 Å². The first-order chi connectivity index (χ1) is 17.0. The summed E-state index contributed by atoms with van der Waals surface area (Å²) in [4.78, 5) is 34.3. The Labute approximate surface area is 215 Å². The zero-order valence-electron chi connectivity index (χ0n) is 21.7. The van der Waals surface area contributed by atoms with Crippen LogP contribution in [0.3, 0.4) is 0 Å². The molecule has 4 rings (SSSR count). The Kier molecular flexibility index (Phi) is 9.01. The van der Waals surface area contributed by atoms with Gasteiger partial charge in [0.15, 0.2) is 0 Å². The van der Waals surface area contributed by atoms with E-state index in [4.69, 9.17) is 0 Å². The Morgan fingerprint density at radius 2 is 1.74 bits per heavy atom. The molecule has 2 atom stereocenters. The van der Waals surface area contributed by atoms with Gasteiger partial charge in [0.05, 0.1) is 12.1 Å². The third-order valence-electron chi connectivity index (χ3n) is 7.75. The van der Waals surface area contributed by atoms with Gasteiger partial charge in [0.1, 0.15) is 0 Å². The number of carbonyl (C=O) groups is 2. The van der Waals surface area contributed by atoms with E-state index in [1.165, 1.54) is 34.4 Å². The predicted octanol–water partition coefficient (Wildman–Crippen LogP) is 5.42. The highest BCUT2D eigenvalue weighted by molar-refractivity contribution is 7.10. The summed E-state index contributed by atoms with van der Waals surface area (Å²) in [6.07, 6.45) is 6.97. The molecule has 190 valence electrons. The van der Waals surface area contributed by atoms with Crippen LogP contribution in [-0.2, 0) is 16.0 Å². The molecule has 0 bridgehead atoms. The van der Waals surface area contributed by atoms with Gasteiger partial charge in [-0.1, -0.05) is 50.5 Å². The fourth-order valence-corrected chi connectivity index (χ4v) is 6.55. The number of thiophene rings is 1. The molecule has 3 heterocycles. The molecule has 0 radical (unpaired) electrons. The molecule has 2 aliphatic rings. The van der Waals surface area contributed by atoms with Crippen molar-refractivity contribution in [1.29, 1.82) is 0 Å². The molecule has 2 amide bonds. The highest BCUT2D eigenvalue weighted by atomic mass is 32.1. The second-order valence-corrected chi connectivity index (χ2v) is 11.1. The van der Waals surface area contributed by atoms with Gasteiger partial charge in [0.25, 0.3) is 0 Å². The van der Waals surface area contributed by atoms with Gasteiger partial charge in [0.2, 0.25) is 11.8 Å². The lowest BCUT2D eigenvalue weighted by Crippen LogP contribution is -2.51. The van der Waals surface area contributed by atoms with E-state index in [1.807, 2.05) is 21.1 Å². The van der Waals surface area contributed by atoms with Gasteiger partial charge in [-0.25, -0.2) is 0 Å². The van der Waals surface area contributed by atoms with E-state index >= 15 is 0 Å². The number of fused-ring (bicyclic) bond motifs is 1. The average Bonchev–Trinajstić information content (AvgIpc) is 3.21. The maximum absolute atomic E-state index is 13.8. The summed E-state index contributed by atoms with van der Waals surface area (Å²) in [5, 5.41) is 2.19. The summed E-state index contributed by atoms with van der Waals surface area (Å²) >= 11 is 1.83. The monoisotopic (exact) mass is 495 g/mol. The second-order valence-electron chi connectivity index (χ2n) is 10.1. The van der Waals surface area contributed by atoms with Crippen molar-refractivity contribution in [2.75, 3.05) is 32.7 Å². The van der Waals surface area contributed by atoms with Crippen molar-refractivity contribution in [3.05, 3.63) is 57.3 Å². The fraction of sp³-hybridized carbons (Fsp3) is 0.586. The van der Waals surface area contributed by atoms with Crippen LogP contribution >= 0.6 is 11.3 Å². The van der Waals surface area contributed by atoms with Gasteiger partial charge in [-0.05, 0) is 61.2 Å². The maximum atomic E-state index is 13.8. The topological polar surface area (TPSA) is 43.9 Å². The Balaban J connectivity index is 1.44. The SMILES string of the molecule is CCCCCCC(=O)N1CCCN(C(=O)C(C)N2CCc3sccc3C2c2ccccc2C)CC1. The molecule has 35 heavy (non-hydrogen) atoms. The first-order valence-corrected chi connectivity index (χ1v) is 14.3. The van der Waals surface area contributed by atoms with Crippen molar-refractivity contribution in [2.24, 2.45) is 0 Å². The quantitative estimate of drug-likeness (QED) is 0.459. The molecule has 2 aromatic rings. The lowest BCUT2D eigenvalue weighted by molar-refractivity contribution is -0.138. The van der Waals surface area contributed by atoms with Crippen molar-refractivity contribution >= 4 is 23.2 Å². The minimum Gasteiger partial charge on any atom is -0.341 e. The van der Waals surface area contributed by atoms with Crippen LogP contribution in [0.2, 0.25) is 0 Å². The van der Waals surface area contributed by atoms with Crippen LogP contribution in [0.25, 0.3) is 0 Å². The van der Waals surface area contributed by atoms with Gasteiger partial charge in [-0.3, -0.25) is 14.5 Å². The van der Waals surface area contributed by atoms with Gasteiger partial charge in [-0.2, -0.15) is 0 Å². The van der Waals surface area contributed by atoms with Crippen molar-refractivity contribution in [3.63, 3.8) is 0 Å². The Morgan fingerprint density at radius 1 is 0.971 bits per heavy atom. The summed E-state index contributed by atoms with van der Waals surface area (Å²) in [6, 6.07) is 10.7. The average molecular weight is 496 g/mol. The van der Waals surface area contributed by atoms with Crippen molar-refractivity contribution < 1.29 is 9.59 Å². The molecule has 1 saturated heterocycles. The lowest BCUT2D eigenvalue weighted by Gasteiger charge is -2.41. The molecule has 1 fully saturated rings. The second kappa shape index (κ2) is 12.2. The molecular weight excluding hydrogens is 454 g/mol. The highest BCUT2D eigenvalue weighted by Gasteiger charge is 2.37. The van der Waals surface area contributed by atoms with Gasteiger partial charge in [0, 0.05) is 44.0 Å². The summed E-state index contributed by atoms with van der Waals surface area (Å²) in [5.74, 6) is 0.448. The number of hydrogen-bond acceptors (Lipinski definition) is 4. The van der Waals surface area contributed by atoms with Crippen molar-refractivity contribution in [1.82, 2.24) is 14.7 Å². The fourth-order valence-electron chi connectivity index (χ4n) is 5.65. The van der Waals surface area contributed by atoms with Crippen LogP contribution in [0, 0.1) is 6.92 Å². The molecule has 2 aliphatic heterocycles. The first-order valence-electron chi connectivity index (χ1n) is 13.4. The van der Waals surface area contributed by atoms with Crippen LogP contribution in [0.15, 0.2) is 35.7 Å². The Hall–Kier alpha value is -2.18. The molecule has 0 saturated carbocycles. The molecule has 5 nitrogen and oxygen atoms in total. The van der Waals surface area contributed by atoms with E-state index < -0.39 is 0 Å². The number of rotatable bonds is 8. The van der Waals surface area contributed by atoms with Crippen LogP contribution in [-0.4, -0.2) is 65.3 Å². The third kappa shape index (κ3) is 5.97. The van der Waals surface area contributed by atoms with Crippen molar-refractivity contribution in [3.8, 4) is 0 Å². The molecular formula is C29H41N3O2S. The molecule has 2 unspecified atom stereocenters. The lowest BCUT2D eigenvalue weighted by atomic mass is 9.89. The summed E-state index contributed by atoms with van der Waals surface area (Å²) in [7, 11) is 0. The smallest absolute Gasteiger partial charge is 0.239 e. The van der Waals surface area contributed by atoms with Crippen molar-refractivity contribution in [2.45, 2.75) is 77.8 Å². The number of hydrogen-bond donors (Lipinski definition) is 0. The largest absolute Gasteiger partial charge is 0.341 e. The first kappa shape index (κ1) is 25.9. The highest BCUT2D eigenvalue weighted by Crippen LogP contribution is 2.40. The Morgan fingerprint density at radius 3 is 2.54 bits per heavy atom. The number of benzene rings is 1. The molecule has 0 aliphatic carbocycles. The zero-order chi connectivity index (χ0) is 24.8. The van der Waals surface area contributed by atoms with Gasteiger partial charge in [-0.15, -0.1) is 11.3 Å². The van der Waals surface area contributed by atoms with E-state index in [0.29, 0.717) is 19.5 Å².